The number of rotatable bonds is 7. The molecule has 1 saturated heterocycles. The number of hydrogen-bond acceptors (Lipinski definition) is 5. The SMILES string of the molecule is CCCOc1c(Br)cc(C(=O)N2CCN(Cc3ccc4c(c3)CCO4)CC2)cc1OC. The lowest BCUT2D eigenvalue weighted by atomic mass is 10.1. The molecule has 0 aromatic heterocycles. The van der Waals surface area contributed by atoms with Gasteiger partial charge in [-0.2, -0.15) is 0 Å². The Morgan fingerprint density at radius 3 is 2.71 bits per heavy atom. The first-order chi connectivity index (χ1) is 15.1. The summed E-state index contributed by atoms with van der Waals surface area (Å²) in [6.45, 7) is 7.47. The molecule has 7 heteroatoms. The fourth-order valence-corrected chi connectivity index (χ4v) is 4.63. The number of fused-ring (bicyclic) bond motifs is 1. The first kappa shape index (κ1) is 22.0. The molecule has 2 heterocycles. The lowest BCUT2D eigenvalue weighted by Gasteiger charge is -2.35. The van der Waals surface area contributed by atoms with Crippen LogP contribution in [-0.4, -0.2) is 62.2 Å². The molecule has 0 atom stereocenters. The number of benzene rings is 2. The molecule has 0 spiro atoms. The van der Waals surface area contributed by atoms with Crippen molar-refractivity contribution in [2.45, 2.75) is 26.3 Å². The summed E-state index contributed by atoms with van der Waals surface area (Å²) in [5, 5.41) is 0. The van der Waals surface area contributed by atoms with Gasteiger partial charge in [0.2, 0.25) is 0 Å². The van der Waals surface area contributed by atoms with Crippen LogP contribution in [0.2, 0.25) is 0 Å². The molecule has 6 nitrogen and oxygen atoms in total. The maximum absolute atomic E-state index is 13.1. The van der Waals surface area contributed by atoms with Crippen LogP contribution in [0.3, 0.4) is 0 Å². The molecule has 2 aromatic carbocycles. The van der Waals surface area contributed by atoms with E-state index in [4.69, 9.17) is 14.2 Å². The van der Waals surface area contributed by atoms with Gasteiger partial charge in [-0.05, 0) is 51.7 Å². The van der Waals surface area contributed by atoms with Gasteiger partial charge in [-0.25, -0.2) is 0 Å². The van der Waals surface area contributed by atoms with E-state index in [0.29, 0.717) is 36.8 Å². The Morgan fingerprint density at radius 2 is 1.97 bits per heavy atom. The minimum atomic E-state index is 0.0235. The molecule has 0 N–H and O–H groups in total. The maximum atomic E-state index is 13.1. The Morgan fingerprint density at radius 1 is 1.16 bits per heavy atom. The number of amides is 1. The predicted molar refractivity (Wildman–Crippen MR) is 123 cm³/mol. The average molecular weight is 489 g/mol. The fourth-order valence-electron chi connectivity index (χ4n) is 4.08. The van der Waals surface area contributed by atoms with Gasteiger partial charge in [0.15, 0.2) is 11.5 Å². The number of hydrogen-bond donors (Lipinski definition) is 0. The Kier molecular flexibility index (Phi) is 7.02. The van der Waals surface area contributed by atoms with E-state index in [-0.39, 0.29) is 5.91 Å². The molecule has 31 heavy (non-hydrogen) atoms. The fraction of sp³-hybridized carbons (Fsp3) is 0.458. The van der Waals surface area contributed by atoms with Crippen molar-refractivity contribution in [1.82, 2.24) is 9.80 Å². The first-order valence-corrected chi connectivity index (χ1v) is 11.6. The van der Waals surface area contributed by atoms with Gasteiger partial charge in [-0.15, -0.1) is 0 Å². The number of carbonyl (C=O) groups excluding carboxylic acids is 1. The van der Waals surface area contributed by atoms with Crippen molar-refractivity contribution in [3.8, 4) is 17.2 Å². The highest BCUT2D eigenvalue weighted by atomic mass is 79.9. The Balaban J connectivity index is 1.37. The zero-order valence-electron chi connectivity index (χ0n) is 18.2. The van der Waals surface area contributed by atoms with Crippen molar-refractivity contribution in [2.75, 3.05) is 46.5 Å². The summed E-state index contributed by atoms with van der Waals surface area (Å²) in [4.78, 5) is 17.4. The van der Waals surface area contributed by atoms with Crippen molar-refractivity contribution < 1.29 is 19.0 Å². The predicted octanol–water partition coefficient (Wildman–Crippen LogP) is 4.14. The molecular weight excluding hydrogens is 460 g/mol. The topological polar surface area (TPSA) is 51.2 Å². The molecule has 1 amide bonds. The Labute approximate surface area is 192 Å². The van der Waals surface area contributed by atoms with Crippen LogP contribution < -0.4 is 14.2 Å². The lowest BCUT2D eigenvalue weighted by molar-refractivity contribution is 0.0628. The van der Waals surface area contributed by atoms with Gasteiger partial charge in [0.05, 0.1) is 24.8 Å². The molecule has 1 fully saturated rings. The Hall–Kier alpha value is -2.25. The van der Waals surface area contributed by atoms with Gasteiger partial charge in [0.25, 0.3) is 5.91 Å². The van der Waals surface area contributed by atoms with Crippen LogP contribution >= 0.6 is 15.9 Å². The third-order valence-electron chi connectivity index (χ3n) is 5.75. The summed E-state index contributed by atoms with van der Waals surface area (Å²) in [6, 6.07) is 10.1. The quantitative estimate of drug-likeness (QED) is 0.586. The second kappa shape index (κ2) is 9.92. The van der Waals surface area contributed by atoms with E-state index in [9.17, 15) is 4.79 Å². The minimum absolute atomic E-state index is 0.0235. The zero-order valence-corrected chi connectivity index (χ0v) is 19.7. The van der Waals surface area contributed by atoms with Gasteiger partial charge in [0.1, 0.15) is 5.75 Å². The molecule has 0 bridgehead atoms. The van der Waals surface area contributed by atoms with Crippen LogP contribution in [0.5, 0.6) is 17.2 Å². The maximum Gasteiger partial charge on any atom is 0.254 e. The van der Waals surface area contributed by atoms with E-state index in [1.54, 1.807) is 13.2 Å². The first-order valence-electron chi connectivity index (χ1n) is 10.9. The van der Waals surface area contributed by atoms with Crippen LogP contribution in [-0.2, 0) is 13.0 Å². The van der Waals surface area contributed by atoms with Crippen LogP contribution in [0.15, 0.2) is 34.8 Å². The summed E-state index contributed by atoms with van der Waals surface area (Å²) < 4.78 is 17.6. The van der Waals surface area contributed by atoms with E-state index in [2.05, 4.69) is 46.0 Å². The third-order valence-corrected chi connectivity index (χ3v) is 6.34. The van der Waals surface area contributed by atoms with E-state index in [1.807, 2.05) is 11.0 Å². The summed E-state index contributed by atoms with van der Waals surface area (Å²) in [7, 11) is 1.60. The largest absolute Gasteiger partial charge is 0.493 e. The van der Waals surface area contributed by atoms with Crippen LogP contribution in [0, 0.1) is 0 Å². The van der Waals surface area contributed by atoms with Crippen LogP contribution in [0.25, 0.3) is 0 Å². The second-order valence-electron chi connectivity index (χ2n) is 7.95. The summed E-state index contributed by atoms with van der Waals surface area (Å²) in [5.41, 5.74) is 3.22. The van der Waals surface area contributed by atoms with Crippen LogP contribution in [0.1, 0.15) is 34.8 Å². The highest BCUT2D eigenvalue weighted by Crippen LogP contribution is 2.37. The Bertz CT molecular complexity index is 941. The number of piperazine rings is 1. The normalized spacial score (nSPS) is 16.0. The highest BCUT2D eigenvalue weighted by Gasteiger charge is 2.24. The van der Waals surface area contributed by atoms with Gasteiger partial charge in [-0.1, -0.05) is 19.1 Å². The third kappa shape index (κ3) is 4.99. The van der Waals surface area contributed by atoms with Crippen molar-refractivity contribution in [3.05, 3.63) is 51.5 Å². The van der Waals surface area contributed by atoms with Crippen LogP contribution in [0.4, 0.5) is 0 Å². The molecule has 0 saturated carbocycles. The standard InChI is InChI=1S/C24H29BrN2O4/c1-3-11-31-23-20(25)14-19(15-22(23)29-2)24(28)27-9-7-26(8-10-27)16-17-4-5-21-18(13-17)6-12-30-21/h4-5,13-15H,3,6-12,16H2,1-2H3. The number of halogens is 1. The number of nitrogens with zero attached hydrogens (tertiary/aromatic N) is 2. The number of ether oxygens (including phenoxy) is 3. The van der Waals surface area contributed by atoms with Gasteiger partial charge in [-0.3, -0.25) is 9.69 Å². The molecule has 2 aliphatic rings. The zero-order chi connectivity index (χ0) is 21.8. The molecule has 0 aliphatic carbocycles. The van der Waals surface area contributed by atoms with Crippen molar-refractivity contribution in [1.29, 1.82) is 0 Å². The number of carbonyl (C=O) groups is 1. The smallest absolute Gasteiger partial charge is 0.254 e. The molecule has 166 valence electrons. The second-order valence-corrected chi connectivity index (χ2v) is 8.80. The van der Waals surface area contributed by atoms with Crippen molar-refractivity contribution in [2.24, 2.45) is 0 Å². The van der Waals surface area contributed by atoms with E-state index in [0.717, 1.165) is 49.3 Å². The monoisotopic (exact) mass is 488 g/mol. The van der Waals surface area contributed by atoms with E-state index < -0.39 is 0 Å². The molecule has 2 aromatic rings. The molecule has 0 unspecified atom stereocenters. The minimum Gasteiger partial charge on any atom is -0.493 e. The highest BCUT2D eigenvalue weighted by molar-refractivity contribution is 9.10. The molecule has 0 radical (unpaired) electrons. The van der Waals surface area contributed by atoms with Gasteiger partial charge < -0.3 is 19.1 Å². The summed E-state index contributed by atoms with van der Waals surface area (Å²) in [5.74, 6) is 2.26. The van der Waals surface area contributed by atoms with E-state index >= 15 is 0 Å². The number of methoxy groups -OCH3 is 1. The van der Waals surface area contributed by atoms with Gasteiger partial charge >= 0.3 is 0 Å². The van der Waals surface area contributed by atoms with Crippen molar-refractivity contribution >= 4 is 21.8 Å². The molecule has 4 rings (SSSR count). The summed E-state index contributed by atoms with van der Waals surface area (Å²) in [6.07, 6.45) is 1.90. The van der Waals surface area contributed by atoms with Crippen molar-refractivity contribution in [3.63, 3.8) is 0 Å². The van der Waals surface area contributed by atoms with Gasteiger partial charge in [0, 0.05) is 44.7 Å². The molecule has 2 aliphatic heterocycles. The average Bonchev–Trinajstić information content (AvgIpc) is 3.26. The lowest BCUT2D eigenvalue weighted by Crippen LogP contribution is -2.48. The molecular formula is C24H29BrN2O4. The van der Waals surface area contributed by atoms with E-state index in [1.165, 1.54) is 11.1 Å². The summed E-state index contributed by atoms with van der Waals surface area (Å²) >= 11 is 3.54.